The third-order valence-electron chi connectivity index (χ3n) is 5.60. The number of rotatable bonds is 8. The highest BCUT2D eigenvalue weighted by molar-refractivity contribution is 5.78. The van der Waals surface area contributed by atoms with Gasteiger partial charge < -0.3 is 9.64 Å². The Labute approximate surface area is 172 Å². The molecule has 1 fully saturated rings. The van der Waals surface area contributed by atoms with Crippen molar-refractivity contribution in [1.82, 2.24) is 4.90 Å². The molecule has 0 aromatic heterocycles. The zero-order valence-electron chi connectivity index (χ0n) is 16.7. The Kier molecular flexibility index (Phi) is 6.25. The summed E-state index contributed by atoms with van der Waals surface area (Å²) in [6, 6.07) is 28.4. The van der Waals surface area contributed by atoms with Gasteiger partial charge in [0.15, 0.2) is 6.61 Å². The molecule has 148 valence electrons. The molecule has 0 atom stereocenters. The van der Waals surface area contributed by atoms with Crippen molar-refractivity contribution in [3.05, 3.63) is 90.5 Å². The Hall–Kier alpha value is -3.07. The van der Waals surface area contributed by atoms with Gasteiger partial charge in [-0.05, 0) is 47.6 Å². The predicted molar refractivity (Wildman–Crippen MR) is 117 cm³/mol. The minimum atomic E-state index is 0.0490. The van der Waals surface area contributed by atoms with Crippen molar-refractivity contribution in [2.24, 2.45) is 5.92 Å². The molecule has 3 nitrogen and oxygen atoms in total. The predicted octanol–water partition coefficient (Wildman–Crippen LogP) is 5.56. The van der Waals surface area contributed by atoms with E-state index in [2.05, 4.69) is 24.3 Å². The van der Waals surface area contributed by atoms with Crippen molar-refractivity contribution >= 4 is 5.91 Å². The number of ether oxygens (including phenoxy) is 1. The van der Waals surface area contributed by atoms with E-state index in [9.17, 15) is 4.79 Å². The molecule has 0 saturated heterocycles. The molecule has 0 N–H and O–H groups in total. The third kappa shape index (κ3) is 5.26. The maximum atomic E-state index is 12.9. The Morgan fingerprint density at radius 1 is 0.828 bits per heavy atom. The highest BCUT2D eigenvalue weighted by atomic mass is 16.5. The quantitative estimate of drug-likeness (QED) is 0.508. The second-order valence-corrected chi connectivity index (χ2v) is 7.74. The van der Waals surface area contributed by atoms with Crippen LogP contribution in [-0.2, 0) is 11.3 Å². The minimum absolute atomic E-state index is 0.0490. The van der Waals surface area contributed by atoms with Crippen LogP contribution in [0.15, 0.2) is 84.9 Å². The molecule has 3 heteroatoms. The van der Waals surface area contributed by atoms with Crippen LogP contribution in [0.3, 0.4) is 0 Å². The van der Waals surface area contributed by atoms with Gasteiger partial charge in [-0.2, -0.15) is 0 Å². The Balaban J connectivity index is 1.36. The summed E-state index contributed by atoms with van der Waals surface area (Å²) in [5.74, 6) is 1.40. The zero-order chi connectivity index (χ0) is 19.9. The summed E-state index contributed by atoms with van der Waals surface area (Å²) < 4.78 is 5.82. The fraction of sp³-hybridized carbons (Fsp3) is 0.269. The van der Waals surface area contributed by atoms with Crippen LogP contribution in [-0.4, -0.2) is 24.0 Å². The fourth-order valence-corrected chi connectivity index (χ4v) is 3.66. The summed E-state index contributed by atoms with van der Waals surface area (Å²) in [6.07, 6.45) is 3.73. The molecule has 0 heterocycles. The van der Waals surface area contributed by atoms with E-state index in [1.54, 1.807) is 0 Å². The monoisotopic (exact) mass is 385 g/mol. The Morgan fingerprint density at radius 3 is 2.07 bits per heavy atom. The number of benzene rings is 3. The molecule has 0 spiro atoms. The zero-order valence-corrected chi connectivity index (χ0v) is 16.7. The van der Waals surface area contributed by atoms with E-state index in [-0.39, 0.29) is 12.5 Å². The van der Waals surface area contributed by atoms with E-state index in [1.807, 2.05) is 65.6 Å². The largest absolute Gasteiger partial charge is 0.484 e. The van der Waals surface area contributed by atoms with E-state index in [4.69, 9.17) is 4.74 Å². The van der Waals surface area contributed by atoms with Crippen molar-refractivity contribution in [2.45, 2.75) is 25.8 Å². The molecule has 3 aromatic rings. The van der Waals surface area contributed by atoms with Crippen LogP contribution in [0, 0.1) is 5.92 Å². The summed E-state index contributed by atoms with van der Waals surface area (Å²) >= 11 is 0. The van der Waals surface area contributed by atoms with Crippen LogP contribution < -0.4 is 4.74 Å². The fourth-order valence-electron chi connectivity index (χ4n) is 3.66. The first-order valence-electron chi connectivity index (χ1n) is 10.4. The van der Waals surface area contributed by atoms with Gasteiger partial charge in [0.2, 0.25) is 0 Å². The number of hydrogen-bond donors (Lipinski definition) is 0. The maximum absolute atomic E-state index is 12.9. The van der Waals surface area contributed by atoms with Crippen LogP contribution in [0.5, 0.6) is 5.75 Å². The molecule has 1 saturated carbocycles. The molecule has 1 amide bonds. The van der Waals surface area contributed by atoms with E-state index in [0.29, 0.717) is 12.5 Å². The number of carbonyl (C=O) groups is 1. The van der Waals surface area contributed by atoms with Gasteiger partial charge in [0.25, 0.3) is 5.91 Å². The van der Waals surface area contributed by atoms with Gasteiger partial charge in [-0.3, -0.25) is 4.79 Å². The van der Waals surface area contributed by atoms with Gasteiger partial charge in [-0.15, -0.1) is 0 Å². The summed E-state index contributed by atoms with van der Waals surface area (Å²) in [5, 5.41) is 0. The van der Waals surface area contributed by atoms with Gasteiger partial charge in [-0.25, -0.2) is 0 Å². The second-order valence-electron chi connectivity index (χ2n) is 7.74. The SMILES string of the molecule is O=C(COc1ccc(-c2ccccc2)cc1)N(Cc1ccccc1)CC1CCC1. The van der Waals surface area contributed by atoms with E-state index < -0.39 is 0 Å². The molecule has 0 radical (unpaired) electrons. The molecule has 0 aliphatic heterocycles. The molecule has 1 aliphatic rings. The van der Waals surface area contributed by atoms with Gasteiger partial charge in [0.1, 0.15) is 5.75 Å². The first kappa shape index (κ1) is 19.3. The maximum Gasteiger partial charge on any atom is 0.260 e. The van der Waals surface area contributed by atoms with E-state index in [0.717, 1.165) is 23.4 Å². The average molecular weight is 386 g/mol. The highest BCUT2D eigenvalue weighted by Gasteiger charge is 2.24. The standard InChI is InChI=1S/C26H27NO2/c28-26(27(19-22-10-7-11-22)18-21-8-3-1-4-9-21)20-29-25-16-14-24(15-17-25)23-12-5-2-6-13-23/h1-6,8-9,12-17,22H,7,10-11,18-20H2. The average Bonchev–Trinajstić information content (AvgIpc) is 2.75. The van der Waals surface area contributed by atoms with Crippen LogP contribution in [0.25, 0.3) is 11.1 Å². The summed E-state index contributed by atoms with van der Waals surface area (Å²) in [4.78, 5) is 14.8. The van der Waals surface area contributed by atoms with Crippen molar-refractivity contribution in [3.63, 3.8) is 0 Å². The topological polar surface area (TPSA) is 29.5 Å². The number of nitrogens with zero attached hydrogens (tertiary/aromatic N) is 1. The third-order valence-corrected chi connectivity index (χ3v) is 5.60. The first-order valence-corrected chi connectivity index (χ1v) is 10.4. The number of hydrogen-bond acceptors (Lipinski definition) is 2. The number of amides is 1. The molecule has 4 rings (SSSR count). The van der Waals surface area contributed by atoms with Crippen LogP contribution in [0.4, 0.5) is 0 Å². The highest BCUT2D eigenvalue weighted by Crippen LogP contribution is 2.28. The van der Waals surface area contributed by atoms with E-state index >= 15 is 0 Å². The first-order chi connectivity index (χ1) is 14.3. The summed E-state index contributed by atoms with van der Waals surface area (Å²) in [5.41, 5.74) is 3.47. The number of carbonyl (C=O) groups excluding carboxylic acids is 1. The van der Waals surface area contributed by atoms with Gasteiger partial charge in [0.05, 0.1) is 0 Å². The van der Waals surface area contributed by atoms with Crippen molar-refractivity contribution < 1.29 is 9.53 Å². The van der Waals surface area contributed by atoms with E-state index in [1.165, 1.54) is 24.8 Å². The minimum Gasteiger partial charge on any atom is -0.484 e. The lowest BCUT2D eigenvalue weighted by Gasteiger charge is -2.32. The van der Waals surface area contributed by atoms with Crippen LogP contribution in [0.1, 0.15) is 24.8 Å². The molecule has 0 unspecified atom stereocenters. The van der Waals surface area contributed by atoms with Crippen LogP contribution >= 0.6 is 0 Å². The Morgan fingerprint density at radius 2 is 1.45 bits per heavy atom. The summed E-state index contributed by atoms with van der Waals surface area (Å²) in [7, 11) is 0. The second kappa shape index (κ2) is 9.42. The molecular formula is C26H27NO2. The molecule has 0 bridgehead atoms. The lowest BCUT2D eigenvalue weighted by atomic mass is 9.85. The molecule has 1 aliphatic carbocycles. The van der Waals surface area contributed by atoms with Gasteiger partial charge >= 0.3 is 0 Å². The summed E-state index contributed by atoms with van der Waals surface area (Å²) in [6.45, 7) is 1.54. The molecule has 29 heavy (non-hydrogen) atoms. The molecular weight excluding hydrogens is 358 g/mol. The lowest BCUT2D eigenvalue weighted by Crippen LogP contribution is -2.39. The normalized spacial score (nSPS) is 13.5. The van der Waals surface area contributed by atoms with Crippen molar-refractivity contribution in [1.29, 1.82) is 0 Å². The van der Waals surface area contributed by atoms with Crippen molar-refractivity contribution in [2.75, 3.05) is 13.2 Å². The Bertz CT molecular complexity index is 902. The smallest absolute Gasteiger partial charge is 0.260 e. The van der Waals surface area contributed by atoms with Gasteiger partial charge in [-0.1, -0.05) is 79.2 Å². The lowest BCUT2D eigenvalue weighted by molar-refractivity contribution is -0.135. The van der Waals surface area contributed by atoms with Crippen molar-refractivity contribution in [3.8, 4) is 16.9 Å². The van der Waals surface area contributed by atoms with Gasteiger partial charge in [0, 0.05) is 13.1 Å². The van der Waals surface area contributed by atoms with Crippen LogP contribution in [0.2, 0.25) is 0 Å². The molecule has 3 aromatic carbocycles.